The minimum atomic E-state index is -0.878. The number of amidine groups is 1. The molecule has 1 aromatic carbocycles. The number of hydrogen-bond acceptors (Lipinski definition) is 5. The van der Waals surface area contributed by atoms with Gasteiger partial charge in [-0.2, -0.15) is 0 Å². The highest BCUT2D eigenvalue weighted by Gasteiger charge is 2.40. The number of ether oxygens (including phenoxy) is 1. The second-order valence-corrected chi connectivity index (χ2v) is 9.02. The molecule has 0 spiro atoms. The van der Waals surface area contributed by atoms with Crippen LogP contribution in [-0.4, -0.2) is 46.5 Å². The van der Waals surface area contributed by atoms with Crippen molar-refractivity contribution in [3.63, 3.8) is 0 Å². The van der Waals surface area contributed by atoms with Crippen molar-refractivity contribution in [1.29, 1.82) is 0 Å². The van der Waals surface area contributed by atoms with Gasteiger partial charge in [-0.05, 0) is 42.9 Å². The third kappa shape index (κ3) is 5.76. The maximum atomic E-state index is 13.3. The van der Waals surface area contributed by atoms with E-state index in [0.29, 0.717) is 18.3 Å². The molecule has 0 atom stereocenters. The van der Waals surface area contributed by atoms with Crippen molar-refractivity contribution >= 4 is 24.0 Å². The number of rotatable bonds is 7. The van der Waals surface area contributed by atoms with E-state index in [-0.39, 0.29) is 24.5 Å². The lowest BCUT2D eigenvalue weighted by Crippen LogP contribution is -2.41. The zero-order valence-electron chi connectivity index (χ0n) is 18.6. The zero-order valence-corrected chi connectivity index (χ0v) is 18.6. The van der Waals surface area contributed by atoms with E-state index in [1.807, 2.05) is 29.2 Å². The van der Waals surface area contributed by atoms with E-state index < -0.39 is 5.97 Å². The molecule has 1 heterocycles. The average Bonchev–Trinajstić information content (AvgIpc) is 3.10. The van der Waals surface area contributed by atoms with Crippen molar-refractivity contribution in [3.8, 4) is 0 Å². The molecule has 0 radical (unpaired) electrons. The predicted molar refractivity (Wildman–Crippen MR) is 123 cm³/mol. The summed E-state index contributed by atoms with van der Waals surface area (Å²) >= 11 is 0. The van der Waals surface area contributed by atoms with Gasteiger partial charge in [0.15, 0.2) is 5.76 Å². The van der Waals surface area contributed by atoms with Gasteiger partial charge in [-0.1, -0.05) is 62.8 Å². The molecule has 7 heteroatoms. The Kier molecular flexibility index (Phi) is 7.58. The van der Waals surface area contributed by atoms with E-state index in [1.54, 1.807) is 6.08 Å². The Morgan fingerprint density at radius 1 is 1.06 bits per heavy atom. The van der Waals surface area contributed by atoms with Crippen LogP contribution in [0.4, 0.5) is 0 Å². The summed E-state index contributed by atoms with van der Waals surface area (Å²) in [5.41, 5.74) is 1.85. The lowest BCUT2D eigenvalue weighted by atomic mass is 9.94. The Morgan fingerprint density at radius 3 is 2.38 bits per heavy atom. The van der Waals surface area contributed by atoms with Crippen molar-refractivity contribution < 1.29 is 19.4 Å². The molecule has 4 rings (SSSR count). The van der Waals surface area contributed by atoms with Crippen molar-refractivity contribution in [2.45, 2.75) is 82.8 Å². The number of amides is 1. The first kappa shape index (κ1) is 22.5. The molecule has 3 aliphatic rings. The van der Waals surface area contributed by atoms with E-state index in [2.05, 4.69) is 5.32 Å². The SMILES string of the molecule is O=C(O)CNCc1ccc(C=C2OC(=NC3CCCCC3)N(C3CCCCC3)C2=O)cc1. The number of carbonyl (C=O) groups is 2. The number of benzene rings is 1. The van der Waals surface area contributed by atoms with Crippen LogP contribution in [0.3, 0.4) is 0 Å². The highest BCUT2D eigenvalue weighted by molar-refractivity contribution is 6.11. The van der Waals surface area contributed by atoms with Gasteiger partial charge >= 0.3 is 12.0 Å². The van der Waals surface area contributed by atoms with Gasteiger partial charge in [0, 0.05) is 12.6 Å². The summed E-state index contributed by atoms with van der Waals surface area (Å²) in [7, 11) is 0. The molecule has 2 N–H and O–H groups in total. The molecule has 32 heavy (non-hydrogen) atoms. The highest BCUT2D eigenvalue weighted by Crippen LogP contribution is 2.31. The summed E-state index contributed by atoms with van der Waals surface area (Å²) in [6.45, 7) is 0.403. The van der Waals surface area contributed by atoms with Crippen LogP contribution in [0.1, 0.15) is 75.3 Å². The topological polar surface area (TPSA) is 91.2 Å². The van der Waals surface area contributed by atoms with Crippen LogP contribution in [0.2, 0.25) is 0 Å². The summed E-state index contributed by atoms with van der Waals surface area (Å²) in [4.78, 5) is 30.7. The van der Waals surface area contributed by atoms with Gasteiger partial charge in [-0.15, -0.1) is 0 Å². The predicted octanol–water partition coefficient (Wildman–Crippen LogP) is 4.08. The molecule has 1 amide bonds. The molecule has 1 aliphatic heterocycles. The van der Waals surface area contributed by atoms with Gasteiger partial charge in [0.2, 0.25) is 0 Å². The summed E-state index contributed by atoms with van der Waals surface area (Å²) in [6, 6.07) is 8.61. The van der Waals surface area contributed by atoms with E-state index in [0.717, 1.165) is 49.7 Å². The summed E-state index contributed by atoms with van der Waals surface area (Å²) in [6.07, 6.45) is 13.1. The molecule has 2 saturated carbocycles. The first-order chi connectivity index (χ1) is 15.6. The molecule has 172 valence electrons. The maximum Gasteiger partial charge on any atom is 0.317 e. The van der Waals surface area contributed by atoms with Crippen LogP contribution < -0.4 is 5.32 Å². The van der Waals surface area contributed by atoms with Crippen LogP contribution in [-0.2, 0) is 20.9 Å². The highest BCUT2D eigenvalue weighted by atomic mass is 16.5. The quantitative estimate of drug-likeness (QED) is 0.625. The Balaban J connectivity index is 1.50. The minimum absolute atomic E-state index is 0.0751. The second-order valence-electron chi connectivity index (χ2n) is 9.02. The Hall–Kier alpha value is -2.67. The zero-order chi connectivity index (χ0) is 22.3. The lowest BCUT2D eigenvalue weighted by Gasteiger charge is -2.29. The standard InChI is InChI=1S/C25H33N3O4/c29-23(30)17-26-16-19-13-11-18(12-14-19)15-22-24(31)28(21-9-5-2-6-10-21)25(32-22)27-20-7-3-1-4-8-20/h11-15,20-21,26H,1-10,16-17H2,(H,29,30). The van der Waals surface area contributed by atoms with Crippen LogP contribution >= 0.6 is 0 Å². The number of aliphatic carboxylic acids is 1. The summed E-state index contributed by atoms with van der Waals surface area (Å²) in [5.74, 6) is -0.628. The lowest BCUT2D eigenvalue weighted by molar-refractivity contribution is -0.136. The van der Waals surface area contributed by atoms with Crippen molar-refractivity contribution in [2.24, 2.45) is 4.99 Å². The largest absolute Gasteiger partial charge is 0.480 e. The third-order valence-corrected chi connectivity index (χ3v) is 6.53. The molecule has 1 saturated heterocycles. The van der Waals surface area contributed by atoms with E-state index in [4.69, 9.17) is 14.8 Å². The van der Waals surface area contributed by atoms with Crippen LogP contribution in [0, 0.1) is 0 Å². The molecule has 7 nitrogen and oxygen atoms in total. The monoisotopic (exact) mass is 439 g/mol. The minimum Gasteiger partial charge on any atom is -0.480 e. The fourth-order valence-electron chi connectivity index (χ4n) is 4.80. The summed E-state index contributed by atoms with van der Waals surface area (Å²) in [5, 5.41) is 11.6. The average molecular weight is 440 g/mol. The van der Waals surface area contributed by atoms with Crippen LogP contribution in [0.25, 0.3) is 6.08 Å². The van der Waals surface area contributed by atoms with E-state index >= 15 is 0 Å². The molecule has 3 fully saturated rings. The molecule has 0 bridgehead atoms. The number of aliphatic imine (C=N–C) groups is 1. The number of nitrogens with one attached hydrogen (secondary N) is 1. The second kappa shape index (κ2) is 10.8. The van der Waals surface area contributed by atoms with Crippen molar-refractivity contribution in [3.05, 3.63) is 41.2 Å². The number of carboxylic acid groups (broad SMARTS) is 1. The Morgan fingerprint density at radius 2 is 1.72 bits per heavy atom. The summed E-state index contributed by atoms with van der Waals surface area (Å²) < 4.78 is 6.08. The molecule has 2 aliphatic carbocycles. The smallest absolute Gasteiger partial charge is 0.317 e. The molecule has 0 aromatic heterocycles. The van der Waals surface area contributed by atoms with Gasteiger partial charge in [0.25, 0.3) is 5.91 Å². The number of carbonyl (C=O) groups excluding carboxylic acids is 1. The van der Waals surface area contributed by atoms with Crippen molar-refractivity contribution in [1.82, 2.24) is 10.2 Å². The number of hydrogen-bond donors (Lipinski definition) is 2. The molecular weight excluding hydrogens is 406 g/mol. The van der Waals surface area contributed by atoms with Gasteiger partial charge < -0.3 is 15.2 Å². The number of nitrogens with zero attached hydrogens (tertiary/aromatic N) is 2. The van der Waals surface area contributed by atoms with Crippen LogP contribution in [0.5, 0.6) is 0 Å². The molecule has 1 aromatic rings. The normalized spacial score (nSPS) is 23.1. The van der Waals surface area contributed by atoms with Gasteiger partial charge in [0.05, 0.1) is 12.6 Å². The fraction of sp³-hybridized carbons (Fsp3) is 0.560. The van der Waals surface area contributed by atoms with E-state index in [1.165, 1.54) is 25.7 Å². The van der Waals surface area contributed by atoms with Crippen LogP contribution in [0.15, 0.2) is 35.0 Å². The van der Waals surface area contributed by atoms with Gasteiger partial charge in [-0.3, -0.25) is 14.5 Å². The molecule has 0 unspecified atom stereocenters. The first-order valence-electron chi connectivity index (χ1n) is 11.9. The van der Waals surface area contributed by atoms with E-state index in [9.17, 15) is 9.59 Å². The Labute approximate surface area is 189 Å². The Bertz CT molecular complexity index is 866. The first-order valence-corrected chi connectivity index (χ1v) is 11.9. The van der Waals surface area contributed by atoms with Gasteiger partial charge in [0.1, 0.15) is 0 Å². The fourth-order valence-corrected chi connectivity index (χ4v) is 4.80. The molecular formula is C25H33N3O4. The van der Waals surface area contributed by atoms with Gasteiger partial charge in [-0.25, -0.2) is 4.99 Å². The number of carboxylic acids is 1. The van der Waals surface area contributed by atoms with Crippen molar-refractivity contribution in [2.75, 3.05) is 6.54 Å². The third-order valence-electron chi connectivity index (χ3n) is 6.53. The maximum absolute atomic E-state index is 13.3.